The van der Waals surface area contributed by atoms with Crippen molar-refractivity contribution in [1.29, 1.82) is 0 Å². The number of nitrogens with one attached hydrogen (secondary N) is 2. The van der Waals surface area contributed by atoms with Crippen LogP contribution in [0.4, 0.5) is 0 Å². The first-order valence-electron chi connectivity index (χ1n) is 8.86. The van der Waals surface area contributed by atoms with E-state index in [4.69, 9.17) is 9.47 Å². The molecule has 0 unspecified atom stereocenters. The Morgan fingerprint density at radius 2 is 1.92 bits per heavy atom. The lowest BCUT2D eigenvalue weighted by atomic mass is 10.1. The number of hydrogen-bond acceptors (Lipinski definition) is 4. The van der Waals surface area contributed by atoms with Crippen LogP contribution >= 0.6 is 0 Å². The molecule has 6 nitrogen and oxygen atoms in total. The topological polar surface area (TPSA) is 58.1 Å². The number of likely N-dealkylation sites (N-methyl/N-ethyl adjacent to an activating group) is 1. The average Bonchev–Trinajstić information content (AvgIpc) is 2.61. The maximum Gasteiger partial charge on any atom is 0.191 e. The molecule has 1 aromatic carbocycles. The Kier molecular flexibility index (Phi) is 10.7. The number of aryl methyl sites for hydroxylation is 1. The molecule has 0 amide bonds. The fourth-order valence-electron chi connectivity index (χ4n) is 2.59. The summed E-state index contributed by atoms with van der Waals surface area (Å²) in [6.07, 6.45) is 1.95. The van der Waals surface area contributed by atoms with Crippen molar-refractivity contribution >= 4 is 5.96 Å². The fraction of sp³-hybridized carbons (Fsp3) is 0.632. The van der Waals surface area contributed by atoms with Crippen LogP contribution in [0.15, 0.2) is 23.2 Å². The molecule has 0 bridgehead atoms. The van der Waals surface area contributed by atoms with Gasteiger partial charge in [0.05, 0.1) is 7.11 Å². The number of rotatable bonds is 11. The van der Waals surface area contributed by atoms with E-state index in [-0.39, 0.29) is 0 Å². The molecule has 0 spiro atoms. The van der Waals surface area contributed by atoms with E-state index in [1.165, 1.54) is 11.1 Å². The van der Waals surface area contributed by atoms with Gasteiger partial charge in [0.25, 0.3) is 0 Å². The van der Waals surface area contributed by atoms with Crippen molar-refractivity contribution < 1.29 is 9.47 Å². The Labute approximate surface area is 152 Å². The third-order valence-electron chi connectivity index (χ3n) is 4.02. The standard InChI is InChI=1S/C19H34N4O2/c1-16-7-8-18(25-5)17(15-16)9-10-21-19(20-2)22-11-13-23(3)12-6-14-24-4/h7-8,15H,6,9-14H2,1-5H3,(H2,20,21,22). The minimum atomic E-state index is 0.809. The summed E-state index contributed by atoms with van der Waals surface area (Å²) in [5.74, 6) is 1.77. The molecule has 0 atom stereocenters. The second kappa shape index (κ2) is 12.6. The third-order valence-corrected chi connectivity index (χ3v) is 4.02. The normalized spacial score (nSPS) is 11.7. The van der Waals surface area contributed by atoms with Crippen molar-refractivity contribution in [2.75, 3.05) is 61.1 Å². The van der Waals surface area contributed by atoms with Crippen molar-refractivity contribution in [2.24, 2.45) is 4.99 Å². The SMILES string of the molecule is CN=C(NCCc1cc(C)ccc1OC)NCCN(C)CCCOC. The maximum absolute atomic E-state index is 5.43. The van der Waals surface area contributed by atoms with Crippen LogP contribution in [0.2, 0.25) is 0 Å². The lowest BCUT2D eigenvalue weighted by Gasteiger charge is -2.18. The molecule has 0 aliphatic heterocycles. The molecule has 0 saturated carbocycles. The van der Waals surface area contributed by atoms with Crippen LogP contribution < -0.4 is 15.4 Å². The zero-order valence-corrected chi connectivity index (χ0v) is 16.4. The smallest absolute Gasteiger partial charge is 0.191 e. The summed E-state index contributed by atoms with van der Waals surface area (Å²) >= 11 is 0. The zero-order chi connectivity index (χ0) is 18.5. The first kappa shape index (κ1) is 21.3. The second-order valence-corrected chi connectivity index (χ2v) is 6.14. The minimum absolute atomic E-state index is 0.809. The predicted molar refractivity (Wildman–Crippen MR) is 105 cm³/mol. The molecule has 0 heterocycles. The van der Waals surface area contributed by atoms with Gasteiger partial charge >= 0.3 is 0 Å². The van der Waals surface area contributed by atoms with Gasteiger partial charge in [-0.1, -0.05) is 17.7 Å². The largest absolute Gasteiger partial charge is 0.496 e. The summed E-state index contributed by atoms with van der Waals surface area (Å²) in [7, 11) is 7.37. The lowest BCUT2D eigenvalue weighted by Crippen LogP contribution is -2.41. The third kappa shape index (κ3) is 8.74. The van der Waals surface area contributed by atoms with Gasteiger partial charge in [-0.25, -0.2) is 0 Å². The maximum atomic E-state index is 5.43. The predicted octanol–water partition coefficient (Wildman–Crippen LogP) is 1.68. The molecule has 0 aliphatic carbocycles. The molecule has 0 aliphatic rings. The Morgan fingerprint density at radius 1 is 1.16 bits per heavy atom. The Balaban J connectivity index is 2.29. The van der Waals surface area contributed by atoms with E-state index < -0.39 is 0 Å². The number of benzene rings is 1. The Morgan fingerprint density at radius 3 is 2.60 bits per heavy atom. The number of hydrogen-bond donors (Lipinski definition) is 2. The van der Waals surface area contributed by atoms with E-state index in [0.717, 1.165) is 57.3 Å². The van der Waals surface area contributed by atoms with E-state index in [1.807, 2.05) is 6.07 Å². The van der Waals surface area contributed by atoms with Crippen molar-refractivity contribution in [3.05, 3.63) is 29.3 Å². The molecule has 0 aromatic heterocycles. The van der Waals surface area contributed by atoms with Gasteiger partial charge in [-0.15, -0.1) is 0 Å². The number of aliphatic imine (C=N–C) groups is 1. The van der Waals surface area contributed by atoms with Gasteiger partial charge in [0, 0.05) is 46.9 Å². The van der Waals surface area contributed by atoms with Crippen molar-refractivity contribution in [1.82, 2.24) is 15.5 Å². The van der Waals surface area contributed by atoms with Gasteiger partial charge in [-0.05, 0) is 38.4 Å². The Bertz CT molecular complexity index is 520. The molecule has 142 valence electrons. The van der Waals surface area contributed by atoms with Crippen molar-refractivity contribution in [3.63, 3.8) is 0 Å². The highest BCUT2D eigenvalue weighted by Gasteiger charge is 2.04. The summed E-state index contributed by atoms with van der Waals surface area (Å²) in [5.41, 5.74) is 2.46. The molecule has 1 aromatic rings. The van der Waals surface area contributed by atoms with Crippen LogP contribution in [0.25, 0.3) is 0 Å². The first-order chi connectivity index (χ1) is 12.1. The van der Waals surface area contributed by atoms with Crippen molar-refractivity contribution in [2.45, 2.75) is 19.8 Å². The highest BCUT2D eigenvalue weighted by atomic mass is 16.5. The van der Waals surface area contributed by atoms with E-state index >= 15 is 0 Å². The molecule has 0 saturated heterocycles. The summed E-state index contributed by atoms with van der Waals surface area (Å²) in [6.45, 7) is 6.58. The molecule has 0 radical (unpaired) electrons. The van der Waals surface area contributed by atoms with Gasteiger partial charge in [0.1, 0.15) is 5.75 Å². The van der Waals surface area contributed by atoms with Crippen LogP contribution in [-0.2, 0) is 11.2 Å². The van der Waals surface area contributed by atoms with Crippen molar-refractivity contribution in [3.8, 4) is 5.75 Å². The van der Waals surface area contributed by atoms with Gasteiger partial charge in [-0.3, -0.25) is 4.99 Å². The number of methoxy groups -OCH3 is 2. The van der Waals surface area contributed by atoms with Crippen LogP contribution in [-0.4, -0.2) is 72.0 Å². The summed E-state index contributed by atoms with van der Waals surface area (Å²) in [5, 5.41) is 6.71. The van der Waals surface area contributed by atoms with Gasteiger partial charge in [0.15, 0.2) is 5.96 Å². The van der Waals surface area contributed by atoms with E-state index in [0.29, 0.717) is 0 Å². The highest BCUT2D eigenvalue weighted by molar-refractivity contribution is 5.79. The summed E-state index contributed by atoms with van der Waals surface area (Å²) in [4.78, 5) is 6.56. The van der Waals surface area contributed by atoms with Crippen LogP contribution in [0.1, 0.15) is 17.5 Å². The molecular formula is C19H34N4O2. The molecule has 1 rings (SSSR count). The van der Waals surface area contributed by atoms with E-state index in [2.05, 4.69) is 46.6 Å². The zero-order valence-electron chi connectivity index (χ0n) is 16.4. The fourth-order valence-corrected chi connectivity index (χ4v) is 2.59. The van der Waals surface area contributed by atoms with Gasteiger partial charge in [0.2, 0.25) is 0 Å². The minimum Gasteiger partial charge on any atom is -0.496 e. The van der Waals surface area contributed by atoms with Crippen LogP contribution in [0.3, 0.4) is 0 Å². The number of nitrogens with zero attached hydrogens (tertiary/aromatic N) is 2. The van der Waals surface area contributed by atoms with Gasteiger partial charge < -0.3 is 25.0 Å². The second-order valence-electron chi connectivity index (χ2n) is 6.14. The quantitative estimate of drug-likeness (QED) is 0.361. The Hall–Kier alpha value is -1.79. The molecule has 6 heteroatoms. The monoisotopic (exact) mass is 350 g/mol. The summed E-state index contributed by atoms with van der Waals surface area (Å²) in [6, 6.07) is 6.27. The summed E-state index contributed by atoms with van der Waals surface area (Å²) < 4.78 is 10.5. The highest BCUT2D eigenvalue weighted by Crippen LogP contribution is 2.19. The molecule has 0 fully saturated rings. The molecule has 2 N–H and O–H groups in total. The van der Waals surface area contributed by atoms with E-state index in [9.17, 15) is 0 Å². The number of ether oxygens (including phenoxy) is 2. The average molecular weight is 351 g/mol. The first-order valence-corrected chi connectivity index (χ1v) is 8.86. The van der Waals surface area contributed by atoms with Gasteiger partial charge in [-0.2, -0.15) is 0 Å². The van der Waals surface area contributed by atoms with Crippen LogP contribution in [0.5, 0.6) is 5.75 Å². The molecular weight excluding hydrogens is 316 g/mol. The number of guanidine groups is 1. The van der Waals surface area contributed by atoms with E-state index in [1.54, 1.807) is 21.3 Å². The lowest BCUT2D eigenvalue weighted by molar-refractivity contribution is 0.180. The van der Waals surface area contributed by atoms with Crippen LogP contribution in [0, 0.1) is 6.92 Å². The molecule has 25 heavy (non-hydrogen) atoms.